The molecule has 56 valence electrons. The van der Waals surface area contributed by atoms with Crippen molar-refractivity contribution in [3.05, 3.63) is 42.5 Å². The average molecular weight is 162 g/mol. The molecule has 0 aliphatic rings. The van der Waals surface area contributed by atoms with Crippen molar-refractivity contribution in [1.29, 1.82) is 0 Å². The molecule has 0 aliphatic carbocycles. The quantitative estimate of drug-likeness (QED) is 0.634. The molecule has 0 N–H and O–H groups in total. The molecule has 0 unspecified atom stereocenters. The Balaban J connectivity index is 3.26. The monoisotopic (exact) mass is 162 g/mol. The Bertz CT molecular complexity index is 287. The molecule has 11 heavy (non-hydrogen) atoms. The van der Waals surface area contributed by atoms with E-state index in [9.17, 15) is 0 Å². The summed E-state index contributed by atoms with van der Waals surface area (Å²) >= 11 is 4.21. The summed E-state index contributed by atoms with van der Waals surface area (Å²) in [6.45, 7) is 7.40. The van der Waals surface area contributed by atoms with Crippen LogP contribution in [0, 0.1) is 0 Å². The van der Waals surface area contributed by atoms with Gasteiger partial charge in [-0.15, -0.1) is 12.6 Å². The maximum atomic E-state index is 4.21. The van der Waals surface area contributed by atoms with E-state index in [0.717, 1.165) is 16.0 Å². The van der Waals surface area contributed by atoms with E-state index in [-0.39, 0.29) is 0 Å². The van der Waals surface area contributed by atoms with Crippen LogP contribution in [-0.2, 0) is 0 Å². The zero-order chi connectivity index (χ0) is 8.27. The Morgan fingerprint density at radius 3 is 2.27 bits per heavy atom. The minimum absolute atomic E-state index is 0.950. The minimum atomic E-state index is 0.950. The van der Waals surface area contributed by atoms with E-state index >= 15 is 0 Å². The van der Waals surface area contributed by atoms with Crippen LogP contribution in [0.2, 0.25) is 0 Å². The van der Waals surface area contributed by atoms with Crippen LogP contribution in [0.5, 0.6) is 0 Å². The van der Waals surface area contributed by atoms with E-state index in [0.29, 0.717) is 0 Å². The van der Waals surface area contributed by atoms with E-state index in [1.807, 2.05) is 24.3 Å². The number of hydrogen-bond donors (Lipinski definition) is 1. The number of rotatable bonds is 2. The molecule has 0 bridgehead atoms. The SMILES string of the molecule is C=Cc1ccc(S)cc1C=C. The van der Waals surface area contributed by atoms with Crippen molar-refractivity contribution in [2.24, 2.45) is 0 Å². The zero-order valence-corrected chi connectivity index (χ0v) is 7.14. The van der Waals surface area contributed by atoms with Crippen LogP contribution in [0.4, 0.5) is 0 Å². The summed E-state index contributed by atoms with van der Waals surface area (Å²) in [5, 5.41) is 0. The molecule has 0 heterocycles. The highest BCUT2D eigenvalue weighted by Gasteiger charge is 1.93. The summed E-state index contributed by atoms with van der Waals surface area (Å²) < 4.78 is 0. The molecule has 0 spiro atoms. The molecule has 0 aromatic heterocycles. The Labute approximate surface area is 72.7 Å². The van der Waals surface area contributed by atoms with Crippen LogP contribution in [0.25, 0.3) is 12.2 Å². The summed E-state index contributed by atoms with van der Waals surface area (Å²) in [6.07, 6.45) is 3.61. The van der Waals surface area contributed by atoms with Crippen molar-refractivity contribution in [2.45, 2.75) is 4.90 Å². The summed E-state index contributed by atoms with van der Waals surface area (Å²) in [5.41, 5.74) is 2.17. The van der Waals surface area contributed by atoms with Gasteiger partial charge >= 0.3 is 0 Å². The maximum absolute atomic E-state index is 4.21. The summed E-state index contributed by atoms with van der Waals surface area (Å²) in [6, 6.07) is 5.88. The predicted octanol–water partition coefficient (Wildman–Crippen LogP) is 3.26. The maximum Gasteiger partial charge on any atom is 0.00463 e. The van der Waals surface area contributed by atoms with Crippen molar-refractivity contribution in [2.75, 3.05) is 0 Å². The van der Waals surface area contributed by atoms with Gasteiger partial charge in [0.25, 0.3) is 0 Å². The fraction of sp³-hybridized carbons (Fsp3) is 0. The van der Waals surface area contributed by atoms with E-state index in [4.69, 9.17) is 0 Å². The molecule has 0 amide bonds. The molecule has 0 saturated carbocycles. The van der Waals surface area contributed by atoms with Gasteiger partial charge < -0.3 is 0 Å². The average Bonchev–Trinajstić information content (AvgIpc) is 2.04. The van der Waals surface area contributed by atoms with Gasteiger partial charge in [0.15, 0.2) is 0 Å². The topological polar surface area (TPSA) is 0 Å². The van der Waals surface area contributed by atoms with Crippen molar-refractivity contribution in [3.63, 3.8) is 0 Å². The van der Waals surface area contributed by atoms with Crippen molar-refractivity contribution in [3.8, 4) is 0 Å². The first-order valence-electron chi connectivity index (χ1n) is 3.36. The van der Waals surface area contributed by atoms with Crippen LogP contribution >= 0.6 is 12.6 Å². The first kappa shape index (κ1) is 8.15. The Morgan fingerprint density at radius 1 is 1.09 bits per heavy atom. The normalized spacial score (nSPS) is 9.18. The third-order valence-electron chi connectivity index (χ3n) is 1.51. The fourth-order valence-electron chi connectivity index (χ4n) is 0.925. The summed E-state index contributed by atoms with van der Waals surface area (Å²) in [5.74, 6) is 0. The molecule has 1 aromatic rings. The van der Waals surface area contributed by atoms with Crippen LogP contribution < -0.4 is 0 Å². The minimum Gasteiger partial charge on any atom is -0.143 e. The van der Waals surface area contributed by atoms with E-state index in [2.05, 4.69) is 25.8 Å². The molecular weight excluding hydrogens is 152 g/mol. The van der Waals surface area contributed by atoms with Crippen LogP contribution in [0.15, 0.2) is 36.3 Å². The molecule has 1 heteroatoms. The number of benzene rings is 1. The van der Waals surface area contributed by atoms with Gasteiger partial charge in [-0.3, -0.25) is 0 Å². The van der Waals surface area contributed by atoms with Crippen LogP contribution in [0.1, 0.15) is 11.1 Å². The highest BCUT2D eigenvalue weighted by Crippen LogP contribution is 2.16. The van der Waals surface area contributed by atoms with Crippen LogP contribution in [-0.4, -0.2) is 0 Å². The third kappa shape index (κ3) is 1.75. The standard InChI is InChI=1S/C10H10S/c1-3-8-5-6-10(11)7-9(8)4-2/h3-7,11H,1-2H2. The fourth-order valence-corrected chi connectivity index (χ4v) is 1.14. The van der Waals surface area contributed by atoms with E-state index < -0.39 is 0 Å². The Morgan fingerprint density at radius 2 is 1.73 bits per heavy atom. The van der Waals surface area contributed by atoms with Gasteiger partial charge in [-0.1, -0.05) is 31.4 Å². The molecule has 0 fully saturated rings. The third-order valence-corrected chi connectivity index (χ3v) is 1.79. The molecular formula is C10H10S. The van der Waals surface area contributed by atoms with Crippen molar-refractivity contribution < 1.29 is 0 Å². The molecule has 1 aromatic carbocycles. The molecule has 0 saturated heterocycles. The van der Waals surface area contributed by atoms with Crippen molar-refractivity contribution >= 4 is 24.8 Å². The predicted molar refractivity (Wildman–Crippen MR) is 53.9 cm³/mol. The van der Waals surface area contributed by atoms with Gasteiger partial charge in [0.2, 0.25) is 0 Å². The second kappa shape index (κ2) is 3.44. The van der Waals surface area contributed by atoms with E-state index in [1.54, 1.807) is 6.08 Å². The van der Waals surface area contributed by atoms with Gasteiger partial charge in [0.1, 0.15) is 0 Å². The van der Waals surface area contributed by atoms with E-state index in [1.165, 1.54) is 0 Å². The molecule has 0 nitrogen and oxygen atoms in total. The number of thiol groups is 1. The first-order chi connectivity index (χ1) is 5.27. The van der Waals surface area contributed by atoms with Crippen molar-refractivity contribution in [1.82, 2.24) is 0 Å². The lowest BCUT2D eigenvalue weighted by atomic mass is 10.1. The van der Waals surface area contributed by atoms with Crippen LogP contribution in [0.3, 0.4) is 0 Å². The molecule has 0 aliphatic heterocycles. The molecule has 0 radical (unpaired) electrons. The lowest BCUT2D eigenvalue weighted by Gasteiger charge is -2.00. The Hall–Kier alpha value is -0.950. The Kier molecular flexibility index (Phi) is 2.55. The lowest BCUT2D eigenvalue weighted by Crippen LogP contribution is -1.78. The lowest BCUT2D eigenvalue weighted by molar-refractivity contribution is 1.44. The van der Waals surface area contributed by atoms with Gasteiger partial charge in [-0.05, 0) is 23.3 Å². The first-order valence-corrected chi connectivity index (χ1v) is 3.80. The zero-order valence-electron chi connectivity index (χ0n) is 6.25. The number of hydrogen-bond acceptors (Lipinski definition) is 1. The van der Waals surface area contributed by atoms with Gasteiger partial charge in [-0.2, -0.15) is 0 Å². The summed E-state index contributed by atoms with van der Waals surface area (Å²) in [7, 11) is 0. The molecule has 1 rings (SSSR count). The molecule has 0 atom stereocenters. The van der Waals surface area contributed by atoms with Gasteiger partial charge in [0.05, 0.1) is 0 Å². The largest absolute Gasteiger partial charge is 0.143 e. The highest BCUT2D eigenvalue weighted by molar-refractivity contribution is 7.80. The second-order valence-electron chi connectivity index (χ2n) is 2.22. The second-order valence-corrected chi connectivity index (χ2v) is 2.74. The van der Waals surface area contributed by atoms with Gasteiger partial charge in [-0.25, -0.2) is 0 Å². The summed E-state index contributed by atoms with van der Waals surface area (Å²) in [4.78, 5) is 0.950. The van der Waals surface area contributed by atoms with Gasteiger partial charge in [0, 0.05) is 4.90 Å². The highest BCUT2D eigenvalue weighted by atomic mass is 32.1. The smallest absolute Gasteiger partial charge is 0.00463 e.